The van der Waals surface area contributed by atoms with Crippen LogP contribution in [0.2, 0.25) is 0 Å². The van der Waals surface area contributed by atoms with Crippen molar-refractivity contribution in [1.82, 2.24) is 0 Å². The Kier molecular flexibility index (Phi) is 38.0. The molecule has 80 heavy (non-hydrogen) atoms. The lowest BCUT2D eigenvalue weighted by atomic mass is 10.1. The number of hydrazone groups is 1. The molecule has 1 heterocycles. The number of nitrogens with two attached hydrogens (primary N) is 1. The number of carboxylic acid groups (broad SMARTS) is 1. The first kappa shape index (κ1) is 72.1. The fourth-order valence-electron chi connectivity index (χ4n) is 6.11. The van der Waals surface area contributed by atoms with Gasteiger partial charge in [0.05, 0.1) is 60.8 Å². The number of amides is 1. The van der Waals surface area contributed by atoms with E-state index >= 15 is 0 Å². The topological polar surface area (TPSA) is 216 Å². The van der Waals surface area contributed by atoms with Gasteiger partial charge in [0, 0.05) is 30.2 Å². The second kappa shape index (κ2) is 42.2. The number of rotatable bonds is 10. The summed E-state index contributed by atoms with van der Waals surface area (Å²) in [6, 6.07) is 58.9. The largest absolute Gasteiger partial charge is 0.477 e. The van der Waals surface area contributed by atoms with Gasteiger partial charge in [0.2, 0.25) is 5.78 Å². The van der Waals surface area contributed by atoms with Crippen molar-refractivity contribution in [3.63, 3.8) is 0 Å². The molecule has 0 aromatic heterocycles. The van der Waals surface area contributed by atoms with E-state index in [0.717, 1.165) is 22.5 Å². The fourth-order valence-corrected chi connectivity index (χ4v) is 6.11. The third-order valence-corrected chi connectivity index (χ3v) is 9.94. The van der Waals surface area contributed by atoms with Gasteiger partial charge in [-0.3, -0.25) is 24.2 Å². The van der Waals surface area contributed by atoms with Crippen LogP contribution in [-0.4, -0.2) is 45.8 Å². The molecule has 0 aliphatic carbocycles. The van der Waals surface area contributed by atoms with E-state index in [1.807, 2.05) is 151 Å². The Bertz CT molecular complexity index is 3200. The number of carboxylic acids is 1. The third kappa shape index (κ3) is 25.7. The first-order valence-electron chi connectivity index (χ1n) is 24.8. The Hall–Kier alpha value is -9.96. The molecule has 8 rings (SSSR count). The van der Waals surface area contributed by atoms with Gasteiger partial charge >= 0.3 is 5.97 Å². The average molecular weight is 1090 g/mol. The maximum atomic E-state index is 12.0. The van der Waals surface area contributed by atoms with Crippen LogP contribution < -0.4 is 10.7 Å². The molecule has 0 atom stereocenters. The Morgan fingerprint density at radius 2 is 1.01 bits per heavy atom. The minimum atomic E-state index is -1.08. The molecule has 15 heteroatoms. The summed E-state index contributed by atoms with van der Waals surface area (Å²) in [4.78, 5) is 66.4. The van der Waals surface area contributed by atoms with E-state index in [9.17, 15) is 29.1 Å². The number of benzene rings is 7. The van der Waals surface area contributed by atoms with Gasteiger partial charge in [-0.25, -0.2) is 19.5 Å². The van der Waals surface area contributed by atoms with Crippen LogP contribution in [0.15, 0.2) is 198 Å². The molecule has 1 aliphatic heterocycles. The molecule has 7 aromatic carbocycles. The lowest BCUT2D eigenvalue weighted by Gasteiger charge is -2.10. The number of nitriles is 2. The molecular weight excluding hydrogens is 1020 g/mol. The van der Waals surface area contributed by atoms with Crippen LogP contribution >= 0.6 is 12.4 Å². The Balaban J connectivity index is 0. The predicted octanol–water partition coefficient (Wildman–Crippen LogP) is 15.1. The number of nitrogens with zero attached hydrogens (tertiary/aromatic N) is 7. The fraction of sp³-hybridized carbons (Fsp3) is 0.185. The average Bonchev–Trinajstić information content (AvgIpc) is 3.91. The van der Waals surface area contributed by atoms with Crippen LogP contribution in [0.3, 0.4) is 0 Å². The summed E-state index contributed by atoms with van der Waals surface area (Å²) >= 11 is 0. The van der Waals surface area contributed by atoms with Gasteiger partial charge in [-0.15, -0.1) is 12.4 Å². The summed E-state index contributed by atoms with van der Waals surface area (Å²) < 4.78 is 0. The van der Waals surface area contributed by atoms with Crippen LogP contribution in [-0.2, 0) is 27.5 Å². The Morgan fingerprint density at radius 3 is 1.39 bits per heavy atom. The van der Waals surface area contributed by atoms with Gasteiger partial charge in [-0.1, -0.05) is 201 Å². The summed E-state index contributed by atoms with van der Waals surface area (Å²) in [6.07, 6.45) is 0.279. The monoisotopic (exact) mass is 1090 g/mol. The van der Waals surface area contributed by atoms with E-state index in [1.165, 1.54) is 48.7 Å². The molecule has 0 fully saturated rings. The molecular formula is C65H69ClN8O6. The van der Waals surface area contributed by atoms with Crippen molar-refractivity contribution in [2.45, 2.75) is 82.3 Å². The van der Waals surface area contributed by atoms with Crippen LogP contribution in [0.25, 0.3) is 9.69 Å². The molecule has 7 aromatic rings. The lowest BCUT2D eigenvalue weighted by molar-refractivity contribution is -0.129. The quantitative estimate of drug-likeness (QED) is 0.0575. The molecule has 0 bridgehead atoms. The van der Waals surface area contributed by atoms with Crippen molar-refractivity contribution >= 4 is 70.1 Å². The van der Waals surface area contributed by atoms with Gasteiger partial charge in [-0.2, -0.15) is 15.6 Å². The van der Waals surface area contributed by atoms with Crippen molar-refractivity contribution in [3.05, 3.63) is 255 Å². The number of para-hydroxylation sites is 1. The normalized spacial score (nSPS) is 10.0. The standard InChI is InChI=1S/C16H11N3O.C16H12N2O2.C10H7NO2.C9H7NO.C7H9N.3C2H6.CH4.ClH/c17-11-12-6-8-13(9-7-12)15-10-16(20)19(18-15)14-4-2-1-3-5-14;17-10-12-6-8-14(9-7-12)15(16(19)20)18-11-13-4-2-1-3-5-13;1-7(12)10(13)8-3-5-9(11-2)6-4-8;1-7(11)8-3-5-9(10-2)6-4-8;8-6-7-4-2-1-3-5-7;3*1-2;;/h1-9H,10H2;1-9H,11H2,(H,19,20);3-6H,1H3;3-6H,1H3;1-5H,6,8H2;3*1-2H3;1H4;1H. The first-order chi connectivity index (χ1) is 37.8. The summed E-state index contributed by atoms with van der Waals surface area (Å²) in [7, 11) is 0. The second-order valence-electron chi connectivity index (χ2n) is 15.0. The first-order valence-corrected chi connectivity index (χ1v) is 24.8. The van der Waals surface area contributed by atoms with Crippen LogP contribution in [0.1, 0.15) is 123 Å². The zero-order valence-corrected chi connectivity index (χ0v) is 46.4. The maximum Gasteiger partial charge on any atom is 0.354 e. The lowest BCUT2D eigenvalue weighted by Crippen LogP contribution is -2.19. The number of aliphatic carboxylic acids is 1. The third-order valence-electron chi connectivity index (χ3n) is 9.94. The van der Waals surface area contributed by atoms with Crippen molar-refractivity contribution in [2.75, 3.05) is 5.01 Å². The highest BCUT2D eigenvalue weighted by Crippen LogP contribution is 2.23. The zero-order chi connectivity index (χ0) is 58.3. The van der Waals surface area contributed by atoms with Crippen molar-refractivity contribution in [2.24, 2.45) is 15.8 Å². The predicted molar refractivity (Wildman–Crippen MR) is 324 cm³/mol. The Morgan fingerprint density at radius 1 is 0.613 bits per heavy atom. The Labute approximate surface area is 478 Å². The summed E-state index contributed by atoms with van der Waals surface area (Å²) in [5.41, 5.74) is 13.4. The highest BCUT2D eigenvalue weighted by atomic mass is 35.5. The van der Waals surface area contributed by atoms with Crippen molar-refractivity contribution in [1.29, 1.82) is 10.5 Å². The minimum absolute atomic E-state index is 0. The van der Waals surface area contributed by atoms with E-state index < -0.39 is 17.5 Å². The highest BCUT2D eigenvalue weighted by Gasteiger charge is 2.26. The van der Waals surface area contributed by atoms with Gasteiger partial charge in [0.25, 0.3) is 5.91 Å². The van der Waals surface area contributed by atoms with E-state index in [-0.39, 0.29) is 43.7 Å². The smallest absolute Gasteiger partial charge is 0.354 e. The molecule has 0 saturated carbocycles. The molecule has 1 aliphatic rings. The summed E-state index contributed by atoms with van der Waals surface area (Å²) in [5, 5.41) is 32.6. The number of carbonyl (C=O) groups is 5. The number of halogens is 1. The van der Waals surface area contributed by atoms with E-state index in [2.05, 4.69) is 25.9 Å². The minimum Gasteiger partial charge on any atom is -0.477 e. The zero-order valence-electron chi connectivity index (χ0n) is 45.6. The number of anilines is 1. The van der Waals surface area contributed by atoms with E-state index in [0.29, 0.717) is 52.3 Å². The number of hydrogen-bond acceptors (Lipinski definition) is 10. The van der Waals surface area contributed by atoms with Crippen molar-refractivity contribution < 1.29 is 29.1 Å². The van der Waals surface area contributed by atoms with E-state index in [4.69, 9.17) is 29.4 Å². The maximum absolute atomic E-state index is 12.0. The van der Waals surface area contributed by atoms with Gasteiger partial charge in [0.15, 0.2) is 28.7 Å². The number of carbonyl (C=O) groups excluding carboxylic acids is 4. The SMILES string of the molecule is C.CC.CC.CC.Cl.N#Cc1ccc(C(=NCc2ccccc2)C(=O)O)cc1.N#Cc1ccc(C2=NN(c3ccccc3)C(=O)C2)cc1.NCc1ccccc1.[C-]#[N+]c1ccc(C(=O)C(C)=O)cc1.[C-]#[N+]c1ccc(C(C)=O)cc1. The molecule has 3 N–H and O–H groups in total. The number of Topliss-reactive ketones (excluding diaryl/α,β-unsaturated/α-hetero) is 3. The van der Waals surface area contributed by atoms with Crippen molar-refractivity contribution in [3.8, 4) is 12.1 Å². The van der Waals surface area contributed by atoms with Gasteiger partial charge in [-0.05, 0) is 60.0 Å². The molecule has 0 saturated heterocycles. The molecule has 1 amide bonds. The molecule has 0 spiro atoms. The van der Waals surface area contributed by atoms with Crippen LogP contribution in [0.4, 0.5) is 17.1 Å². The number of aliphatic imine (C=N–C) groups is 1. The molecule has 0 radical (unpaired) electrons. The summed E-state index contributed by atoms with van der Waals surface area (Å²) in [5.74, 6) is -2.10. The van der Waals surface area contributed by atoms with Crippen LogP contribution in [0.5, 0.6) is 0 Å². The highest BCUT2D eigenvalue weighted by molar-refractivity contribution is 6.43. The number of ketones is 3. The van der Waals surface area contributed by atoms with Gasteiger partial charge < -0.3 is 10.8 Å². The molecule has 14 nitrogen and oxygen atoms in total. The van der Waals surface area contributed by atoms with Gasteiger partial charge in [0.1, 0.15) is 0 Å². The number of hydrogen-bond donors (Lipinski definition) is 2. The van der Waals surface area contributed by atoms with E-state index in [1.54, 1.807) is 60.7 Å². The summed E-state index contributed by atoms with van der Waals surface area (Å²) in [6.45, 7) is 29.0. The molecule has 0 unspecified atom stereocenters. The molecule has 412 valence electrons. The second-order valence-corrected chi connectivity index (χ2v) is 15.0. The van der Waals surface area contributed by atoms with Crippen LogP contribution in [0, 0.1) is 35.8 Å².